The Labute approximate surface area is 206 Å². The van der Waals surface area contributed by atoms with E-state index in [9.17, 15) is 19.0 Å². The lowest BCUT2D eigenvalue weighted by Gasteiger charge is -2.19. The van der Waals surface area contributed by atoms with Crippen molar-refractivity contribution in [3.63, 3.8) is 0 Å². The largest absolute Gasteiger partial charge is 0.472 e. The van der Waals surface area contributed by atoms with Crippen LogP contribution >= 0.6 is 7.82 Å². The van der Waals surface area contributed by atoms with Crippen molar-refractivity contribution in [3.8, 4) is 0 Å². The van der Waals surface area contributed by atoms with Gasteiger partial charge in [-0.25, -0.2) is 4.57 Å². The van der Waals surface area contributed by atoms with Gasteiger partial charge in [0.1, 0.15) is 6.61 Å². The maximum atomic E-state index is 12.2. The summed E-state index contributed by atoms with van der Waals surface area (Å²) in [6, 6.07) is 0. The monoisotopic (exact) mass is 509 g/mol. The molecule has 0 radical (unpaired) electrons. The predicted molar refractivity (Wildman–Crippen MR) is 132 cm³/mol. The summed E-state index contributed by atoms with van der Waals surface area (Å²) in [5.41, 5.74) is 5.25. The molecule has 0 aromatic carbocycles. The summed E-state index contributed by atoms with van der Waals surface area (Å²) in [6.07, 6.45) is 14.4. The van der Waals surface area contributed by atoms with Gasteiger partial charge in [-0.05, 0) is 12.8 Å². The van der Waals surface area contributed by atoms with Crippen LogP contribution in [-0.4, -0.2) is 49.3 Å². The number of carbonyl (C=O) groups is 2. The van der Waals surface area contributed by atoms with E-state index in [2.05, 4.69) is 11.4 Å². The number of unbranched alkanes of at least 4 members (excludes halogenated alkanes) is 11. The zero-order valence-electron chi connectivity index (χ0n) is 21.3. The lowest BCUT2D eigenvalue weighted by atomic mass is 10.0. The van der Waals surface area contributed by atoms with E-state index in [-0.39, 0.29) is 32.6 Å². The van der Waals surface area contributed by atoms with Crippen LogP contribution in [0.5, 0.6) is 0 Å². The van der Waals surface area contributed by atoms with Crippen molar-refractivity contribution >= 4 is 19.8 Å². The van der Waals surface area contributed by atoms with Crippen LogP contribution in [0.4, 0.5) is 0 Å². The lowest BCUT2D eigenvalue weighted by molar-refractivity contribution is -0.161. The first kappa shape index (κ1) is 33.0. The third-order valence-corrected chi connectivity index (χ3v) is 6.20. The number of esters is 2. The van der Waals surface area contributed by atoms with Crippen molar-refractivity contribution in [2.45, 2.75) is 116 Å². The van der Waals surface area contributed by atoms with Gasteiger partial charge in [-0.2, -0.15) is 0 Å². The topological polar surface area (TPSA) is 134 Å². The number of phosphoric acid groups is 1. The molecule has 0 aliphatic heterocycles. The number of nitrogens with two attached hydrogens (primary N) is 1. The number of carbonyl (C=O) groups excluding carboxylic acids is 2. The summed E-state index contributed by atoms with van der Waals surface area (Å²) in [4.78, 5) is 33.5. The molecule has 0 rings (SSSR count). The van der Waals surface area contributed by atoms with Gasteiger partial charge in [0.05, 0.1) is 13.2 Å². The molecule has 202 valence electrons. The first-order valence-corrected chi connectivity index (χ1v) is 14.5. The van der Waals surface area contributed by atoms with Crippen LogP contribution in [-0.2, 0) is 32.7 Å². The summed E-state index contributed by atoms with van der Waals surface area (Å²) in [5, 5.41) is 0. The molecule has 0 aliphatic carbocycles. The maximum absolute atomic E-state index is 12.2. The van der Waals surface area contributed by atoms with Gasteiger partial charge < -0.3 is 20.1 Å². The van der Waals surface area contributed by atoms with Crippen LogP contribution in [0.15, 0.2) is 0 Å². The molecule has 0 amide bonds. The standard InChI is InChI=1S/C24H48NO8P/c1-3-5-6-7-8-9-10-11-12-13-14-15-17-24(27)33-22(20-30-23(26)16-4-2)21-32-34(28,29)31-19-18-25/h22H,3-21,25H2,1-2H3,(H,28,29)/t22-/m1/s1. The Balaban J connectivity index is 4.13. The summed E-state index contributed by atoms with van der Waals surface area (Å²) in [5.74, 6) is -0.890. The second-order valence-corrected chi connectivity index (χ2v) is 10.0. The van der Waals surface area contributed by atoms with Gasteiger partial charge in [-0.15, -0.1) is 0 Å². The number of hydrogen-bond donors (Lipinski definition) is 2. The normalized spacial score (nSPS) is 13.9. The van der Waals surface area contributed by atoms with Crippen molar-refractivity contribution in [1.82, 2.24) is 0 Å². The number of ether oxygens (including phenoxy) is 2. The van der Waals surface area contributed by atoms with Gasteiger partial charge in [0.15, 0.2) is 6.10 Å². The van der Waals surface area contributed by atoms with E-state index in [0.717, 1.165) is 12.8 Å². The molecule has 0 aromatic rings. The first-order chi connectivity index (χ1) is 16.3. The lowest BCUT2D eigenvalue weighted by Crippen LogP contribution is -2.29. The fraction of sp³-hybridized carbons (Fsp3) is 0.917. The molecule has 0 saturated carbocycles. The molecule has 0 bridgehead atoms. The molecule has 0 aromatic heterocycles. The molecule has 0 heterocycles. The van der Waals surface area contributed by atoms with Crippen LogP contribution in [0.1, 0.15) is 110 Å². The van der Waals surface area contributed by atoms with Crippen molar-refractivity contribution < 1.29 is 37.6 Å². The Hall–Kier alpha value is -0.990. The molecule has 10 heteroatoms. The highest BCUT2D eigenvalue weighted by molar-refractivity contribution is 7.47. The zero-order valence-corrected chi connectivity index (χ0v) is 22.2. The second kappa shape index (κ2) is 22.5. The maximum Gasteiger partial charge on any atom is 0.472 e. The molecule has 34 heavy (non-hydrogen) atoms. The quantitative estimate of drug-likeness (QED) is 0.0992. The minimum absolute atomic E-state index is 0.0556. The van der Waals surface area contributed by atoms with Gasteiger partial charge in [-0.1, -0.05) is 84.5 Å². The van der Waals surface area contributed by atoms with E-state index in [1.165, 1.54) is 57.8 Å². The minimum Gasteiger partial charge on any atom is -0.462 e. The Morgan fingerprint density at radius 3 is 1.85 bits per heavy atom. The number of phosphoric ester groups is 1. The van der Waals surface area contributed by atoms with E-state index in [1.807, 2.05) is 6.92 Å². The third kappa shape index (κ3) is 21.5. The summed E-state index contributed by atoms with van der Waals surface area (Å²) < 4.78 is 31.7. The van der Waals surface area contributed by atoms with Crippen LogP contribution in [0.25, 0.3) is 0 Å². The van der Waals surface area contributed by atoms with Crippen LogP contribution in [0, 0.1) is 0 Å². The Kier molecular flexibility index (Phi) is 21.8. The van der Waals surface area contributed by atoms with Crippen LogP contribution in [0.3, 0.4) is 0 Å². The Bertz CT molecular complexity index is 561. The van der Waals surface area contributed by atoms with Crippen LogP contribution in [0.2, 0.25) is 0 Å². The van der Waals surface area contributed by atoms with E-state index in [1.54, 1.807) is 0 Å². The molecular formula is C24H48NO8P. The van der Waals surface area contributed by atoms with Gasteiger partial charge in [0.25, 0.3) is 0 Å². The van der Waals surface area contributed by atoms with Gasteiger partial charge in [-0.3, -0.25) is 18.6 Å². The van der Waals surface area contributed by atoms with E-state index in [4.69, 9.17) is 19.7 Å². The van der Waals surface area contributed by atoms with Crippen molar-refractivity contribution in [2.24, 2.45) is 5.73 Å². The highest BCUT2D eigenvalue weighted by Crippen LogP contribution is 2.43. The fourth-order valence-corrected chi connectivity index (χ4v) is 4.08. The number of hydrogen-bond acceptors (Lipinski definition) is 8. The van der Waals surface area contributed by atoms with Gasteiger partial charge in [0, 0.05) is 19.4 Å². The molecule has 2 atom stereocenters. The summed E-state index contributed by atoms with van der Waals surface area (Å²) in [7, 11) is -4.33. The van der Waals surface area contributed by atoms with Crippen LogP contribution < -0.4 is 5.73 Å². The van der Waals surface area contributed by atoms with Crippen molar-refractivity contribution in [3.05, 3.63) is 0 Å². The predicted octanol–water partition coefficient (Wildman–Crippen LogP) is 5.43. The van der Waals surface area contributed by atoms with Crippen molar-refractivity contribution in [2.75, 3.05) is 26.4 Å². The second-order valence-electron chi connectivity index (χ2n) is 8.57. The van der Waals surface area contributed by atoms with E-state index < -0.39 is 32.5 Å². The molecule has 0 saturated heterocycles. The van der Waals surface area contributed by atoms with E-state index >= 15 is 0 Å². The zero-order chi connectivity index (χ0) is 25.5. The molecule has 9 nitrogen and oxygen atoms in total. The SMILES string of the molecule is CCCCCCCCCCCCCCC(=O)O[C@H](COC(=O)CCC)COP(=O)(O)OCCN. The molecule has 1 unspecified atom stereocenters. The average Bonchev–Trinajstić information content (AvgIpc) is 2.80. The molecule has 3 N–H and O–H groups in total. The Morgan fingerprint density at radius 1 is 0.765 bits per heavy atom. The van der Waals surface area contributed by atoms with E-state index in [0.29, 0.717) is 12.8 Å². The van der Waals surface area contributed by atoms with Crippen molar-refractivity contribution in [1.29, 1.82) is 0 Å². The third-order valence-electron chi connectivity index (χ3n) is 5.21. The summed E-state index contributed by atoms with van der Waals surface area (Å²) in [6.45, 7) is 3.30. The molecule has 0 fully saturated rings. The fourth-order valence-electron chi connectivity index (χ4n) is 3.32. The summed E-state index contributed by atoms with van der Waals surface area (Å²) >= 11 is 0. The smallest absolute Gasteiger partial charge is 0.462 e. The molecule has 0 aliphatic rings. The minimum atomic E-state index is -4.33. The van der Waals surface area contributed by atoms with Gasteiger partial charge in [0.2, 0.25) is 0 Å². The highest BCUT2D eigenvalue weighted by Gasteiger charge is 2.25. The molecule has 0 spiro atoms. The first-order valence-electron chi connectivity index (χ1n) is 13.0. The Morgan fingerprint density at radius 2 is 1.32 bits per heavy atom. The number of rotatable bonds is 24. The highest BCUT2D eigenvalue weighted by atomic mass is 31.2. The van der Waals surface area contributed by atoms with Gasteiger partial charge >= 0.3 is 19.8 Å². The molecular weight excluding hydrogens is 461 g/mol. The average molecular weight is 510 g/mol.